The van der Waals surface area contributed by atoms with Gasteiger partial charge >= 0.3 is 59.7 Å². The van der Waals surface area contributed by atoms with Gasteiger partial charge in [-0.25, -0.2) is 8.78 Å². The number of hydrogen-bond donors (Lipinski definition) is 7. The standard InChI is InChI=1S/C89H132F4N8O37/c1-49-71(90)73(92)81(74(93)72(49)91)138-70(118)28-26-27-69(117)101-41-62(42-101)85(119)100-89(46-120-38-29-66(114)94-32-20-14-17-23-35-123-86-75(97-50(2)102)82(132-59(11)111)78(129-56(8)108)63(135-86)43-126-53(5)105,47-121-39-30-67(115)95-33-21-15-18-24-36-124-87-76(98-51(3)103)83(133-60(12)112)79(130-57(9)109)64(136-87)44-127-54(6)106)48-122-40-31-68(116)96-34-22-16-19-25-37-125-88-77(99-52(4)104)84(134-61(13)113)80(131-58(10)110)65(137-88)45-128-55(7)107/h62-65,75-80,82-84,86-88H,14-48H2,1-13H3,(H,94,114)(H,95,115)(H,96,116)(H,97,102)(H,98,103)(H,99,104)(H,100,119). The molecule has 4 saturated heterocycles. The Labute approximate surface area is 795 Å². The molecule has 1 aromatic carbocycles. The molecule has 4 fully saturated rings. The van der Waals surface area contributed by atoms with Crippen molar-refractivity contribution >= 4 is 107 Å². The van der Waals surface area contributed by atoms with Crippen molar-refractivity contribution in [1.82, 2.24) is 42.1 Å². The lowest BCUT2D eigenvalue weighted by Gasteiger charge is -2.44. The van der Waals surface area contributed by atoms with Gasteiger partial charge in [-0.15, -0.1) is 0 Å². The molecule has 0 bridgehead atoms. The van der Waals surface area contributed by atoms with Gasteiger partial charge in [-0.2, -0.15) is 8.78 Å². The quantitative estimate of drug-likeness (QED) is 0.0123. The van der Waals surface area contributed by atoms with Crippen LogP contribution in [0, 0.1) is 36.1 Å². The highest BCUT2D eigenvalue weighted by Crippen LogP contribution is 2.34. The summed E-state index contributed by atoms with van der Waals surface area (Å²) in [6.45, 7) is 11.6. The van der Waals surface area contributed by atoms with Crippen LogP contribution in [-0.4, -0.2) is 321 Å². The van der Waals surface area contributed by atoms with Gasteiger partial charge in [-0.1, -0.05) is 38.5 Å². The Morgan fingerprint density at radius 2 is 0.652 bits per heavy atom. The van der Waals surface area contributed by atoms with Crippen LogP contribution < -0.4 is 42.0 Å². The van der Waals surface area contributed by atoms with Gasteiger partial charge in [0.25, 0.3) is 0 Å². The Morgan fingerprint density at radius 3 is 0.942 bits per heavy atom. The average molecular weight is 1980 g/mol. The molecule has 5 rings (SSSR count). The van der Waals surface area contributed by atoms with E-state index in [0.717, 1.165) is 69.2 Å². The van der Waals surface area contributed by atoms with Crippen molar-refractivity contribution in [3.63, 3.8) is 0 Å². The maximum Gasteiger partial charge on any atom is 0.311 e. The Bertz CT molecular complexity index is 3910. The van der Waals surface area contributed by atoms with E-state index in [4.69, 9.17) is 85.3 Å². The van der Waals surface area contributed by atoms with E-state index < -0.39 is 291 Å². The fourth-order valence-electron chi connectivity index (χ4n) is 14.8. The molecule has 45 nitrogen and oxygen atoms in total. The Kier molecular flexibility index (Phi) is 52.4. The average Bonchev–Trinajstić information content (AvgIpc) is 0.793. The number of rotatable bonds is 61. The predicted octanol–water partition coefficient (Wildman–Crippen LogP) is 2.21. The number of amides is 8. The van der Waals surface area contributed by atoms with Crippen LogP contribution in [0.15, 0.2) is 0 Å². The molecule has 138 heavy (non-hydrogen) atoms. The molecule has 7 N–H and O–H groups in total. The van der Waals surface area contributed by atoms with E-state index in [1.165, 1.54) is 25.7 Å². The maximum atomic E-state index is 14.5. The summed E-state index contributed by atoms with van der Waals surface area (Å²) < 4.78 is 165. The van der Waals surface area contributed by atoms with Gasteiger partial charge < -0.3 is 132 Å². The first-order valence-corrected chi connectivity index (χ1v) is 45.6. The number of nitrogens with one attached hydrogen (secondary N) is 7. The van der Waals surface area contributed by atoms with Gasteiger partial charge in [0.2, 0.25) is 64.6 Å². The molecule has 0 aliphatic carbocycles. The van der Waals surface area contributed by atoms with Crippen LogP contribution in [0.1, 0.15) is 204 Å². The Morgan fingerprint density at radius 1 is 0.355 bits per heavy atom. The van der Waals surface area contributed by atoms with E-state index in [0.29, 0.717) is 77.0 Å². The summed E-state index contributed by atoms with van der Waals surface area (Å²) >= 11 is 0. The van der Waals surface area contributed by atoms with E-state index >= 15 is 0 Å². The van der Waals surface area contributed by atoms with E-state index in [-0.39, 0.29) is 104 Å². The third kappa shape index (κ3) is 42.8. The van der Waals surface area contributed by atoms with Crippen LogP contribution in [0.25, 0.3) is 0 Å². The molecule has 0 saturated carbocycles. The van der Waals surface area contributed by atoms with Gasteiger partial charge in [-0.3, -0.25) is 86.3 Å². The van der Waals surface area contributed by atoms with Crippen molar-refractivity contribution in [2.45, 2.75) is 303 Å². The van der Waals surface area contributed by atoms with Crippen LogP contribution in [0.5, 0.6) is 5.75 Å². The largest absolute Gasteiger partial charge is 0.463 e. The highest BCUT2D eigenvalue weighted by molar-refractivity contribution is 5.86. The lowest BCUT2D eigenvalue weighted by molar-refractivity contribution is -0.277. The minimum Gasteiger partial charge on any atom is -0.463 e. The Hall–Kier alpha value is -11.0. The summed E-state index contributed by atoms with van der Waals surface area (Å²) in [4.78, 5) is 228. The summed E-state index contributed by atoms with van der Waals surface area (Å²) in [6.07, 6.45) is -11.1. The highest BCUT2D eigenvalue weighted by atomic mass is 19.2. The van der Waals surface area contributed by atoms with Gasteiger partial charge in [0.05, 0.1) is 45.6 Å². The van der Waals surface area contributed by atoms with Crippen LogP contribution in [-0.2, 0) is 172 Å². The maximum absolute atomic E-state index is 14.5. The minimum absolute atomic E-state index is 0.0424. The fourth-order valence-corrected chi connectivity index (χ4v) is 14.8. The molecule has 778 valence electrons. The van der Waals surface area contributed by atoms with Gasteiger partial charge in [-0.05, 0) is 51.9 Å². The molecule has 4 aliphatic heterocycles. The van der Waals surface area contributed by atoms with Crippen molar-refractivity contribution in [2.75, 3.05) is 112 Å². The highest BCUT2D eigenvalue weighted by Gasteiger charge is 2.55. The number of halogens is 4. The van der Waals surface area contributed by atoms with Crippen molar-refractivity contribution in [2.24, 2.45) is 5.92 Å². The first-order valence-electron chi connectivity index (χ1n) is 45.6. The summed E-state index contributed by atoms with van der Waals surface area (Å²) in [5.41, 5.74) is -2.66. The third-order valence-electron chi connectivity index (χ3n) is 21.2. The fraction of sp³-hybridized carbons (Fsp3) is 0.730. The molecule has 15 atom stereocenters. The van der Waals surface area contributed by atoms with Gasteiger partial charge in [0, 0.05) is 173 Å². The zero-order valence-corrected chi connectivity index (χ0v) is 80.1. The number of esters is 10. The van der Waals surface area contributed by atoms with E-state index in [9.17, 15) is 104 Å². The first-order chi connectivity index (χ1) is 65.4. The van der Waals surface area contributed by atoms with Crippen LogP contribution >= 0.6 is 0 Å². The van der Waals surface area contributed by atoms with Crippen molar-refractivity contribution in [1.29, 1.82) is 0 Å². The molecule has 1 aromatic rings. The molecule has 8 amide bonds. The summed E-state index contributed by atoms with van der Waals surface area (Å²) in [6, 6.07) is -3.53. The van der Waals surface area contributed by atoms with Gasteiger partial charge in [0.15, 0.2) is 67.1 Å². The molecular formula is C89H132F4N8O37. The summed E-state index contributed by atoms with van der Waals surface area (Å²) in [5.74, 6) is -22.2. The summed E-state index contributed by atoms with van der Waals surface area (Å²) in [7, 11) is 0. The number of carbonyl (C=O) groups excluding carboxylic acids is 18. The monoisotopic (exact) mass is 1980 g/mol. The lowest BCUT2D eigenvalue weighted by atomic mass is 9.95. The molecular weight excluding hydrogens is 1850 g/mol. The Balaban J connectivity index is 1.26. The van der Waals surface area contributed by atoms with E-state index in [1.807, 2.05) is 0 Å². The van der Waals surface area contributed by atoms with Crippen LogP contribution in [0.3, 0.4) is 0 Å². The second-order valence-corrected chi connectivity index (χ2v) is 33.3. The van der Waals surface area contributed by atoms with Crippen molar-refractivity contribution in [3.8, 4) is 5.75 Å². The topological polar surface area (TPSA) is 570 Å². The number of likely N-dealkylation sites (tertiary alicyclic amines) is 1. The zero-order chi connectivity index (χ0) is 102. The smallest absolute Gasteiger partial charge is 0.311 e. The first kappa shape index (κ1) is 118. The molecule has 0 radical (unpaired) electrons. The zero-order valence-electron chi connectivity index (χ0n) is 80.1. The molecule has 0 spiro atoms. The number of hydrogen-bond acceptors (Lipinski definition) is 37. The third-order valence-corrected chi connectivity index (χ3v) is 21.2. The number of unbranched alkanes of at least 4 members (excludes halogenated alkanes) is 9. The van der Waals surface area contributed by atoms with Crippen LogP contribution in [0.2, 0.25) is 0 Å². The summed E-state index contributed by atoms with van der Waals surface area (Å²) in [5, 5.41) is 19.3. The van der Waals surface area contributed by atoms with Crippen molar-refractivity contribution < 1.29 is 194 Å². The van der Waals surface area contributed by atoms with Crippen molar-refractivity contribution in [3.05, 3.63) is 28.8 Å². The number of ether oxygens (including phenoxy) is 19. The van der Waals surface area contributed by atoms with Crippen LogP contribution in [0.4, 0.5) is 17.6 Å². The second-order valence-electron chi connectivity index (χ2n) is 33.3. The number of nitrogens with zero attached hydrogens (tertiary/aromatic N) is 1. The second kappa shape index (κ2) is 61.5. The lowest BCUT2D eigenvalue weighted by Crippen LogP contribution is -2.66. The van der Waals surface area contributed by atoms with E-state index in [1.54, 1.807) is 0 Å². The normalized spacial score (nSPS) is 22.1. The minimum atomic E-state index is -1.94. The number of benzene rings is 1. The predicted molar refractivity (Wildman–Crippen MR) is 462 cm³/mol. The SMILES string of the molecule is CC(=O)NC1C(OCCCCCCNC(=O)CCOCC(COCCC(=O)NCCCCCCOC2OC(COC(C)=O)C(OC(C)=O)C(OC(C)=O)C2NC(C)=O)(COCCC(=O)NCCCCCCOC2OC(COC(C)=O)C(OC(C)=O)C(OC(C)=O)C2NC(C)=O)NC(=O)C2CN(C(=O)CCCC(=O)Oc3c(F)c(F)c(C)c(F)c3F)C2)OC(COC(C)=O)C(OC(C)=O)C1OC(C)=O. The van der Waals surface area contributed by atoms with E-state index in [2.05, 4.69) is 42.0 Å². The molecule has 49 heteroatoms. The van der Waals surface area contributed by atoms with Gasteiger partial charge in [0.1, 0.15) is 61.8 Å². The molecule has 4 aliphatic rings. The molecule has 4 heterocycles. The number of carbonyl (C=O) groups is 18. The molecule has 0 aromatic heterocycles. The molecule has 15 unspecified atom stereocenters.